The molecule has 0 bridgehead atoms. The van der Waals surface area contributed by atoms with Crippen LogP contribution in [0.2, 0.25) is 14.8 Å². The number of hydrogen-bond donors (Lipinski definition) is 5. The Labute approximate surface area is 735 Å². The molecule has 0 atom stereocenters. The number of phenolic OH excluding ortho intramolecular Hbond substituents is 3. The molecule has 10 aromatic carbocycles. The van der Waals surface area contributed by atoms with Gasteiger partial charge in [-0.15, -0.1) is 0 Å². The van der Waals surface area contributed by atoms with Crippen molar-refractivity contribution in [1.29, 1.82) is 10.5 Å². The third-order valence-corrected chi connectivity index (χ3v) is 25.4. The van der Waals surface area contributed by atoms with Crippen molar-refractivity contribution >= 4 is 121 Å². The summed E-state index contributed by atoms with van der Waals surface area (Å²) in [5.74, 6) is 6.78. The fourth-order valence-corrected chi connectivity index (χ4v) is 17.0. The molecule has 5 N–H and O–H groups in total. The van der Waals surface area contributed by atoms with Crippen LogP contribution in [0.25, 0.3) is 88.2 Å². The number of halogens is 2. The van der Waals surface area contributed by atoms with Crippen molar-refractivity contribution in [3.8, 4) is 132 Å². The third kappa shape index (κ3) is 22.8. The fraction of sp³-hybridized carbons (Fsp3) is 0.163. The molecule has 0 amide bonds. The van der Waals surface area contributed by atoms with Crippen LogP contribution < -0.4 is 93.0 Å². The van der Waals surface area contributed by atoms with Gasteiger partial charge in [0.15, 0.2) is 0 Å². The standard InChI is InChI=1S/C19H15NO5.C18H16O5.C15H10O5.2C10H7BrO3.C9H8NO2.C8H11BO4.3CH3.Sn/c1-22-12-4-5-14-17(8-12)25-10-16(18(14)21)15-7-13(23-2)6-11(9-20)19(15)24-3;1-20-11-5-7-16(22-3)14(8-11)15-10-23-17-9-12(21-2)4-6-13(17)18(15)19;16-8-2-4-13(18)11(5-8)12-7-20-14-6-9(17)1-3-10(14)15(12)19;2*1-13-6-2-3-7-9(4-6)14-5-8(11)10(7)12;1-11-8-3-4-9(12-2)7(5-8)6-10;1-12-6-3-4-7(9(10)11)8(5-6)13-2;;;;/h4-8,10H,1-3H3;4-10H,1-3H3;1-7,16-18H;2*2-5H,1H3;3,5H,1-2H3;3-5,10-11H,1-2H3;3*1H3;. The van der Waals surface area contributed by atoms with Crippen molar-refractivity contribution in [1.82, 2.24) is 0 Å². The van der Waals surface area contributed by atoms with Crippen LogP contribution in [0.1, 0.15) is 11.1 Å². The number of rotatable bonds is 17. The topological polar surface area (TPSA) is 411 Å². The van der Waals surface area contributed by atoms with Crippen molar-refractivity contribution in [2.75, 3.05) is 85.3 Å². The van der Waals surface area contributed by atoms with E-state index in [2.05, 4.69) is 52.7 Å². The molecule has 644 valence electrons. The SMILES string of the molecule is COc1cc(C#N)c(OC)[c]([Sn]([CH3])([CH3])[CH3])c1.COc1cc(C#N)c(OC)c(-c2coc3cc(OC)ccc3c2=O)c1.COc1ccc(B(O)O)c(OC)c1.COc1ccc(OC)c(-c2coc3cc(OC)ccc3c2=O)c1.COc1ccc2c(=O)c(Br)coc2c1.COc1ccc2c(=O)c(Br)coc2c1.O=c1c(-c2cc(O)ccc2O)coc2cc(O)ccc12. The monoisotopic (exact) mass is 1940 g/mol. The molecule has 0 aliphatic heterocycles. The fourth-order valence-electron chi connectivity index (χ4n) is 12.2. The Kier molecular flexibility index (Phi) is 33.1. The van der Waals surface area contributed by atoms with E-state index < -0.39 is 25.5 Å². The Hall–Kier alpha value is -14.0. The van der Waals surface area contributed by atoms with Crippen molar-refractivity contribution in [3.63, 3.8) is 0 Å². The van der Waals surface area contributed by atoms with Crippen molar-refractivity contribution in [3.05, 3.63) is 272 Å². The van der Waals surface area contributed by atoms with Crippen LogP contribution in [-0.4, -0.2) is 136 Å². The molecular weight excluding hydrogens is 1850 g/mol. The smallest absolute Gasteiger partial charge is 0.492 e. The van der Waals surface area contributed by atoms with Crippen LogP contribution in [0.3, 0.4) is 0 Å². The number of benzene rings is 10. The number of nitriles is 2. The van der Waals surface area contributed by atoms with E-state index in [0.29, 0.717) is 138 Å². The summed E-state index contributed by atoms with van der Waals surface area (Å²) in [6, 6.07) is 49.5. The normalized spacial score (nSPS) is 10.4. The molecule has 29 nitrogen and oxygen atoms in total. The van der Waals surface area contributed by atoms with Gasteiger partial charge in [0, 0.05) is 64.6 Å². The molecule has 15 rings (SSSR count). The van der Waals surface area contributed by atoms with Gasteiger partial charge in [-0.1, -0.05) is 6.07 Å². The second-order valence-corrected chi connectivity index (χ2v) is 43.2. The summed E-state index contributed by atoms with van der Waals surface area (Å²) in [6.07, 6.45) is 6.73. The van der Waals surface area contributed by atoms with Gasteiger partial charge in [-0.25, -0.2) is 0 Å². The Balaban J connectivity index is 0.000000167. The maximum atomic E-state index is 12.9. The first-order valence-corrected chi connectivity index (χ1v) is 48.6. The summed E-state index contributed by atoms with van der Waals surface area (Å²) < 4.78 is 91.0. The molecule has 0 spiro atoms. The van der Waals surface area contributed by atoms with Gasteiger partial charge in [0.25, 0.3) is 0 Å². The van der Waals surface area contributed by atoms with Gasteiger partial charge in [-0.05, 0) is 141 Å². The molecule has 0 radical (unpaired) electrons. The molecule has 0 aliphatic rings. The van der Waals surface area contributed by atoms with Crippen LogP contribution in [-0.2, 0) is 0 Å². The van der Waals surface area contributed by atoms with E-state index in [-0.39, 0.29) is 77.6 Å². The van der Waals surface area contributed by atoms with Crippen LogP contribution in [0.5, 0.6) is 86.2 Å². The largest absolute Gasteiger partial charge is 0.508 e. The number of nitrogens with zero attached hydrogens (tertiary/aromatic N) is 2. The van der Waals surface area contributed by atoms with Crippen molar-refractivity contribution in [2.24, 2.45) is 0 Å². The summed E-state index contributed by atoms with van der Waals surface area (Å²) in [6.45, 7) is 0. The van der Waals surface area contributed by atoms with E-state index in [4.69, 9.17) is 94.2 Å². The van der Waals surface area contributed by atoms with Gasteiger partial charge in [-0.2, -0.15) is 5.26 Å². The van der Waals surface area contributed by atoms with Gasteiger partial charge in [0.05, 0.1) is 120 Å². The predicted octanol–water partition coefficient (Wildman–Crippen LogP) is 16.1. The Morgan fingerprint density at radius 1 is 0.320 bits per heavy atom. The first-order chi connectivity index (χ1) is 59.9. The molecule has 0 aliphatic carbocycles. The summed E-state index contributed by atoms with van der Waals surface area (Å²) in [5, 5.41) is 67.2. The Bertz CT molecular complexity index is 6730. The molecule has 5 aromatic heterocycles. The average Bonchev–Trinajstić information content (AvgIpc) is 0.815. The molecular formula is C92H83BBr2N2O27Sn. The zero-order valence-electron chi connectivity index (χ0n) is 70.0. The second-order valence-electron chi connectivity index (χ2n) is 27.1. The zero-order chi connectivity index (χ0) is 91.1. The Morgan fingerprint density at radius 2 is 0.656 bits per heavy atom. The first kappa shape index (κ1) is 94.8. The first-order valence-electron chi connectivity index (χ1n) is 37.0. The number of ether oxygens (including phenoxy) is 12. The third-order valence-electron chi connectivity index (χ3n) is 18.6. The number of hydrogen-bond acceptors (Lipinski definition) is 29. The minimum Gasteiger partial charge on any atom is -0.508 e. The second kappa shape index (κ2) is 43.6. The number of phenols is 3. The molecule has 5 heterocycles. The molecule has 0 fully saturated rings. The average molecular weight is 1940 g/mol. The minimum atomic E-state index is -2.30. The molecule has 0 saturated carbocycles. The van der Waals surface area contributed by atoms with Crippen LogP contribution in [0, 0.1) is 22.7 Å². The molecule has 15 aromatic rings. The number of methoxy groups -OCH3 is 12. The molecule has 0 saturated heterocycles. The van der Waals surface area contributed by atoms with E-state index in [9.17, 15) is 44.6 Å². The summed E-state index contributed by atoms with van der Waals surface area (Å²) in [4.78, 5) is 68.1. The van der Waals surface area contributed by atoms with E-state index >= 15 is 0 Å². The van der Waals surface area contributed by atoms with Crippen molar-refractivity contribution in [2.45, 2.75) is 14.8 Å². The van der Waals surface area contributed by atoms with Gasteiger partial charge in [-0.3, -0.25) is 24.0 Å². The van der Waals surface area contributed by atoms with Gasteiger partial charge < -0.3 is 94.8 Å². The Morgan fingerprint density at radius 3 is 1.06 bits per heavy atom. The van der Waals surface area contributed by atoms with E-state index in [1.807, 2.05) is 12.1 Å². The van der Waals surface area contributed by atoms with Crippen molar-refractivity contribution < 1.29 is 104 Å². The quantitative estimate of drug-likeness (QED) is 0.0417. The molecule has 0 unspecified atom stereocenters. The maximum absolute atomic E-state index is 12.9. The van der Waals surface area contributed by atoms with E-state index in [0.717, 1.165) is 11.5 Å². The van der Waals surface area contributed by atoms with Crippen LogP contribution >= 0.6 is 31.9 Å². The molecule has 33 heteroatoms. The van der Waals surface area contributed by atoms with Crippen LogP contribution in [0.4, 0.5) is 0 Å². The van der Waals surface area contributed by atoms with Crippen LogP contribution in [0.15, 0.2) is 256 Å². The van der Waals surface area contributed by atoms with Gasteiger partial charge >= 0.3 is 108 Å². The summed E-state index contributed by atoms with van der Waals surface area (Å²) in [7, 11) is 17.0. The van der Waals surface area contributed by atoms with Gasteiger partial charge in [0.2, 0.25) is 27.1 Å². The zero-order valence-corrected chi connectivity index (χ0v) is 76.0. The summed E-state index contributed by atoms with van der Waals surface area (Å²) in [5.41, 5.74) is 4.54. The number of aromatic hydroxyl groups is 3. The maximum Gasteiger partial charge on any atom is 0.492 e. The summed E-state index contributed by atoms with van der Waals surface area (Å²) >= 11 is 3.93. The number of fused-ring (bicyclic) bond motifs is 5. The van der Waals surface area contributed by atoms with E-state index in [1.165, 1.54) is 107 Å². The van der Waals surface area contributed by atoms with Gasteiger partial charge in [0.1, 0.15) is 149 Å². The molecule has 125 heavy (non-hydrogen) atoms. The van der Waals surface area contributed by atoms with E-state index in [1.54, 1.807) is 177 Å². The minimum absolute atomic E-state index is 0.00592. The predicted molar refractivity (Wildman–Crippen MR) is 483 cm³/mol.